The van der Waals surface area contributed by atoms with E-state index in [1.165, 1.54) is 12.1 Å². The molecule has 1 N–H and O–H groups in total. The van der Waals surface area contributed by atoms with Crippen molar-refractivity contribution in [1.82, 2.24) is 5.32 Å². The molecular formula is C12H15F2N. The van der Waals surface area contributed by atoms with Crippen LogP contribution in [0.3, 0.4) is 0 Å². The van der Waals surface area contributed by atoms with Gasteiger partial charge in [0.2, 0.25) is 0 Å². The predicted octanol–water partition coefficient (Wildman–Crippen LogP) is 2.84. The zero-order valence-corrected chi connectivity index (χ0v) is 8.55. The smallest absolute Gasteiger partial charge is 0.126 e. The van der Waals surface area contributed by atoms with Crippen LogP contribution in [0.25, 0.3) is 0 Å². The first-order valence-corrected chi connectivity index (χ1v) is 5.36. The highest BCUT2D eigenvalue weighted by atomic mass is 19.1. The van der Waals surface area contributed by atoms with Crippen LogP contribution in [0.2, 0.25) is 0 Å². The zero-order valence-electron chi connectivity index (χ0n) is 8.55. The second-order valence-corrected chi connectivity index (χ2v) is 4.12. The maximum Gasteiger partial charge on any atom is 0.126 e. The quantitative estimate of drug-likeness (QED) is 0.810. The summed E-state index contributed by atoms with van der Waals surface area (Å²) >= 11 is 0. The Bertz CT molecular complexity index is 321. The summed E-state index contributed by atoms with van der Waals surface area (Å²) in [6, 6.07) is 5.83. The lowest BCUT2D eigenvalue weighted by Gasteiger charge is -2.12. The lowest BCUT2D eigenvalue weighted by atomic mass is 9.97. The largest absolute Gasteiger partial charge is 0.316 e. The molecule has 2 atom stereocenters. The second kappa shape index (κ2) is 4.71. The van der Waals surface area contributed by atoms with Crippen LogP contribution < -0.4 is 5.32 Å². The lowest BCUT2D eigenvalue weighted by molar-refractivity contribution is 0.280. The molecule has 1 nitrogen and oxygen atoms in total. The molecule has 2 rings (SSSR count). The standard InChI is InChI=1S/C12H15F2N/c13-11-3-1-2-10(7-11)12(14)6-9-4-5-15-8-9/h1-3,7,9,12,15H,4-6,8H2. The predicted molar refractivity (Wildman–Crippen MR) is 55.8 cm³/mol. The number of rotatable bonds is 3. The van der Waals surface area contributed by atoms with E-state index in [1.54, 1.807) is 12.1 Å². The molecule has 1 aliphatic rings. The molecule has 0 radical (unpaired) electrons. The van der Waals surface area contributed by atoms with Crippen LogP contribution >= 0.6 is 0 Å². The Morgan fingerprint density at radius 3 is 3.00 bits per heavy atom. The summed E-state index contributed by atoms with van der Waals surface area (Å²) in [5.41, 5.74) is 0.460. The molecule has 15 heavy (non-hydrogen) atoms. The SMILES string of the molecule is Fc1cccc(C(F)CC2CCNC2)c1. The fourth-order valence-corrected chi connectivity index (χ4v) is 2.05. The molecule has 1 saturated heterocycles. The van der Waals surface area contributed by atoms with Crippen LogP contribution in [-0.4, -0.2) is 13.1 Å². The topological polar surface area (TPSA) is 12.0 Å². The normalized spacial score (nSPS) is 22.9. The molecule has 2 unspecified atom stereocenters. The van der Waals surface area contributed by atoms with Gasteiger partial charge in [-0.15, -0.1) is 0 Å². The first-order valence-electron chi connectivity index (χ1n) is 5.36. The van der Waals surface area contributed by atoms with Crippen LogP contribution in [-0.2, 0) is 0 Å². The summed E-state index contributed by atoms with van der Waals surface area (Å²) < 4.78 is 26.6. The van der Waals surface area contributed by atoms with Crippen molar-refractivity contribution in [2.75, 3.05) is 13.1 Å². The van der Waals surface area contributed by atoms with Gasteiger partial charge in [-0.05, 0) is 49.5 Å². The van der Waals surface area contributed by atoms with Crippen molar-refractivity contribution >= 4 is 0 Å². The number of benzene rings is 1. The van der Waals surface area contributed by atoms with Crippen molar-refractivity contribution in [2.24, 2.45) is 5.92 Å². The molecular weight excluding hydrogens is 196 g/mol. The fraction of sp³-hybridized carbons (Fsp3) is 0.500. The van der Waals surface area contributed by atoms with Crippen LogP contribution in [0.5, 0.6) is 0 Å². The van der Waals surface area contributed by atoms with Crippen molar-refractivity contribution in [3.63, 3.8) is 0 Å². The molecule has 1 fully saturated rings. The molecule has 1 aromatic carbocycles. The van der Waals surface area contributed by atoms with Crippen molar-refractivity contribution in [1.29, 1.82) is 0 Å². The summed E-state index contributed by atoms with van der Waals surface area (Å²) in [5.74, 6) is 0.0305. The van der Waals surface area contributed by atoms with Crippen LogP contribution in [0.15, 0.2) is 24.3 Å². The molecule has 0 aromatic heterocycles. The maximum atomic E-state index is 13.8. The summed E-state index contributed by atoms with van der Waals surface area (Å²) in [5, 5.41) is 3.20. The van der Waals surface area contributed by atoms with Crippen molar-refractivity contribution < 1.29 is 8.78 Å². The molecule has 3 heteroatoms. The van der Waals surface area contributed by atoms with E-state index < -0.39 is 6.17 Å². The van der Waals surface area contributed by atoms with Gasteiger partial charge in [-0.2, -0.15) is 0 Å². The lowest BCUT2D eigenvalue weighted by Crippen LogP contribution is -2.10. The minimum Gasteiger partial charge on any atom is -0.316 e. The molecule has 0 aliphatic carbocycles. The van der Waals surface area contributed by atoms with Gasteiger partial charge >= 0.3 is 0 Å². The first-order chi connectivity index (χ1) is 7.25. The van der Waals surface area contributed by atoms with Gasteiger partial charge in [0.15, 0.2) is 0 Å². The zero-order chi connectivity index (χ0) is 10.7. The summed E-state index contributed by atoms with van der Waals surface area (Å²) in [6.45, 7) is 1.86. The average molecular weight is 211 g/mol. The molecule has 1 aliphatic heterocycles. The number of hydrogen-bond acceptors (Lipinski definition) is 1. The summed E-state index contributed by atoms with van der Waals surface area (Å²) in [4.78, 5) is 0. The van der Waals surface area contributed by atoms with E-state index >= 15 is 0 Å². The van der Waals surface area contributed by atoms with E-state index in [0.717, 1.165) is 19.5 Å². The van der Waals surface area contributed by atoms with Crippen LogP contribution in [0, 0.1) is 11.7 Å². The van der Waals surface area contributed by atoms with Crippen LogP contribution in [0.4, 0.5) is 8.78 Å². The van der Waals surface area contributed by atoms with Crippen molar-refractivity contribution in [3.8, 4) is 0 Å². The maximum absolute atomic E-state index is 13.8. The van der Waals surface area contributed by atoms with E-state index in [9.17, 15) is 8.78 Å². The molecule has 0 spiro atoms. The van der Waals surface area contributed by atoms with Gasteiger partial charge in [0.1, 0.15) is 12.0 Å². The van der Waals surface area contributed by atoms with Gasteiger partial charge in [-0.25, -0.2) is 8.78 Å². The van der Waals surface area contributed by atoms with Gasteiger partial charge in [-0.1, -0.05) is 12.1 Å². The number of nitrogens with one attached hydrogen (secondary N) is 1. The third kappa shape index (κ3) is 2.75. The Balaban J connectivity index is 1.97. The molecule has 0 bridgehead atoms. The fourth-order valence-electron chi connectivity index (χ4n) is 2.05. The molecule has 0 amide bonds. The first kappa shape index (κ1) is 10.6. The minimum absolute atomic E-state index is 0.361. The number of halogens is 2. The molecule has 1 aromatic rings. The van der Waals surface area contributed by atoms with Crippen LogP contribution in [0.1, 0.15) is 24.6 Å². The van der Waals surface area contributed by atoms with E-state index in [4.69, 9.17) is 0 Å². The Labute approximate surface area is 88.5 Å². The third-order valence-corrected chi connectivity index (χ3v) is 2.91. The van der Waals surface area contributed by atoms with Gasteiger partial charge in [-0.3, -0.25) is 0 Å². The highest BCUT2D eigenvalue weighted by Gasteiger charge is 2.20. The van der Waals surface area contributed by atoms with E-state index in [0.29, 0.717) is 17.9 Å². The second-order valence-electron chi connectivity index (χ2n) is 4.12. The van der Waals surface area contributed by atoms with Crippen molar-refractivity contribution in [3.05, 3.63) is 35.6 Å². The number of alkyl halides is 1. The van der Waals surface area contributed by atoms with E-state index in [-0.39, 0.29) is 5.82 Å². The highest BCUT2D eigenvalue weighted by Crippen LogP contribution is 2.28. The Morgan fingerprint density at radius 1 is 1.47 bits per heavy atom. The summed E-state index contributed by atoms with van der Waals surface area (Å²) in [7, 11) is 0. The van der Waals surface area contributed by atoms with Gasteiger partial charge in [0, 0.05) is 0 Å². The van der Waals surface area contributed by atoms with Crippen molar-refractivity contribution in [2.45, 2.75) is 19.0 Å². The molecule has 82 valence electrons. The van der Waals surface area contributed by atoms with E-state index in [1.807, 2.05) is 0 Å². The third-order valence-electron chi connectivity index (χ3n) is 2.91. The Morgan fingerprint density at radius 2 is 2.33 bits per heavy atom. The monoisotopic (exact) mass is 211 g/mol. The van der Waals surface area contributed by atoms with Gasteiger partial charge < -0.3 is 5.32 Å². The average Bonchev–Trinajstić information content (AvgIpc) is 2.70. The molecule has 1 heterocycles. The Kier molecular flexibility index (Phi) is 3.31. The summed E-state index contributed by atoms with van der Waals surface area (Å²) in [6.07, 6.45) is 0.484. The number of hydrogen-bond donors (Lipinski definition) is 1. The minimum atomic E-state index is -1.04. The van der Waals surface area contributed by atoms with Gasteiger partial charge in [0.05, 0.1) is 0 Å². The Hall–Kier alpha value is -0.960. The van der Waals surface area contributed by atoms with E-state index in [2.05, 4.69) is 5.32 Å². The van der Waals surface area contributed by atoms with Gasteiger partial charge in [0.25, 0.3) is 0 Å². The molecule has 0 saturated carbocycles. The highest BCUT2D eigenvalue weighted by molar-refractivity contribution is 5.18.